The first-order chi connectivity index (χ1) is 9.90. The first kappa shape index (κ1) is 17.3. The molecule has 2 aliphatic rings. The largest absolute Gasteiger partial charge is 0.314 e. The Morgan fingerprint density at radius 1 is 1.05 bits per heavy atom. The van der Waals surface area contributed by atoms with Crippen LogP contribution in [0.4, 0.5) is 0 Å². The Bertz CT molecular complexity index is 299. The molecule has 0 amide bonds. The first-order valence-corrected chi connectivity index (χ1v) is 9.63. The highest BCUT2D eigenvalue weighted by atomic mass is 14.9. The van der Waals surface area contributed by atoms with Gasteiger partial charge in [-0.3, -0.25) is 0 Å². The zero-order valence-corrected chi connectivity index (χ0v) is 15.3. The third kappa shape index (κ3) is 5.58. The molecule has 0 saturated heterocycles. The Morgan fingerprint density at radius 3 is 2.33 bits per heavy atom. The first-order valence-electron chi connectivity index (χ1n) is 9.63. The summed E-state index contributed by atoms with van der Waals surface area (Å²) in [4.78, 5) is 0. The molecular formula is C20H39N. The van der Waals surface area contributed by atoms with Gasteiger partial charge >= 0.3 is 0 Å². The van der Waals surface area contributed by atoms with Crippen LogP contribution in [0.2, 0.25) is 0 Å². The normalized spacial score (nSPS) is 32.1. The maximum absolute atomic E-state index is 3.82. The molecule has 0 aromatic heterocycles. The summed E-state index contributed by atoms with van der Waals surface area (Å²) >= 11 is 0. The molecule has 21 heavy (non-hydrogen) atoms. The molecular weight excluding hydrogens is 254 g/mol. The molecule has 1 nitrogen and oxygen atoms in total. The van der Waals surface area contributed by atoms with E-state index in [1.807, 2.05) is 0 Å². The van der Waals surface area contributed by atoms with Crippen LogP contribution < -0.4 is 5.32 Å². The lowest BCUT2D eigenvalue weighted by Crippen LogP contribution is -2.37. The number of hydrogen-bond donors (Lipinski definition) is 1. The molecule has 0 spiro atoms. The van der Waals surface area contributed by atoms with Crippen molar-refractivity contribution in [1.82, 2.24) is 5.32 Å². The SMILES string of the molecule is CCCC(C)CC1CC(C(C)(C)C)CCC1CNC1CC1. The van der Waals surface area contributed by atoms with Crippen LogP contribution in [-0.2, 0) is 0 Å². The summed E-state index contributed by atoms with van der Waals surface area (Å²) in [7, 11) is 0. The van der Waals surface area contributed by atoms with E-state index in [1.54, 1.807) is 0 Å². The van der Waals surface area contributed by atoms with E-state index in [9.17, 15) is 0 Å². The Labute approximate surface area is 133 Å². The highest BCUT2D eigenvalue weighted by molar-refractivity contribution is 4.89. The van der Waals surface area contributed by atoms with Crippen LogP contribution >= 0.6 is 0 Å². The van der Waals surface area contributed by atoms with Gasteiger partial charge in [0.05, 0.1) is 0 Å². The smallest absolute Gasteiger partial charge is 0.00683 e. The van der Waals surface area contributed by atoms with Crippen molar-refractivity contribution in [1.29, 1.82) is 0 Å². The van der Waals surface area contributed by atoms with E-state index in [2.05, 4.69) is 39.9 Å². The van der Waals surface area contributed by atoms with Gasteiger partial charge in [0.15, 0.2) is 0 Å². The lowest BCUT2D eigenvalue weighted by Gasteiger charge is -2.43. The Morgan fingerprint density at radius 2 is 1.76 bits per heavy atom. The second-order valence-corrected chi connectivity index (χ2v) is 9.21. The summed E-state index contributed by atoms with van der Waals surface area (Å²) in [6.45, 7) is 13.5. The fraction of sp³-hybridized carbons (Fsp3) is 1.00. The van der Waals surface area contributed by atoms with Gasteiger partial charge in [0.25, 0.3) is 0 Å². The summed E-state index contributed by atoms with van der Waals surface area (Å²) in [5, 5.41) is 3.82. The van der Waals surface area contributed by atoms with E-state index in [0.717, 1.165) is 29.7 Å². The molecule has 2 aliphatic carbocycles. The summed E-state index contributed by atoms with van der Waals surface area (Å²) in [5.41, 5.74) is 0.501. The maximum atomic E-state index is 3.82. The van der Waals surface area contributed by atoms with Crippen LogP contribution in [0.15, 0.2) is 0 Å². The van der Waals surface area contributed by atoms with Crippen LogP contribution in [0.1, 0.15) is 86.0 Å². The van der Waals surface area contributed by atoms with E-state index in [0.29, 0.717) is 5.41 Å². The van der Waals surface area contributed by atoms with E-state index >= 15 is 0 Å². The predicted octanol–water partition coefficient (Wildman–Crippen LogP) is 5.64. The van der Waals surface area contributed by atoms with Crippen molar-refractivity contribution in [3.8, 4) is 0 Å². The molecule has 1 N–H and O–H groups in total. The second-order valence-electron chi connectivity index (χ2n) is 9.21. The summed E-state index contributed by atoms with van der Waals surface area (Å²) < 4.78 is 0. The van der Waals surface area contributed by atoms with E-state index in [4.69, 9.17) is 0 Å². The zero-order valence-electron chi connectivity index (χ0n) is 15.3. The van der Waals surface area contributed by atoms with E-state index in [1.165, 1.54) is 57.9 Å². The number of nitrogens with one attached hydrogen (secondary N) is 1. The Hall–Kier alpha value is -0.0400. The van der Waals surface area contributed by atoms with Crippen LogP contribution in [-0.4, -0.2) is 12.6 Å². The number of rotatable bonds is 7. The van der Waals surface area contributed by atoms with Crippen molar-refractivity contribution in [2.45, 2.75) is 92.0 Å². The molecule has 4 unspecified atom stereocenters. The fourth-order valence-corrected chi connectivity index (χ4v) is 4.40. The molecule has 2 rings (SSSR count). The minimum Gasteiger partial charge on any atom is -0.314 e. The summed E-state index contributed by atoms with van der Waals surface area (Å²) in [6, 6.07) is 0.874. The zero-order chi connectivity index (χ0) is 15.5. The minimum atomic E-state index is 0.501. The van der Waals surface area contributed by atoms with Crippen LogP contribution in [0.5, 0.6) is 0 Å². The van der Waals surface area contributed by atoms with Gasteiger partial charge in [-0.05, 0) is 74.2 Å². The van der Waals surface area contributed by atoms with Crippen molar-refractivity contribution < 1.29 is 0 Å². The lowest BCUT2D eigenvalue weighted by atomic mass is 9.64. The molecule has 2 fully saturated rings. The van der Waals surface area contributed by atoms with Gasteiger partial charge in [-0.25, -0.2) is 0 Å². The lowest BCUT2D eigenvalue weighted by molar-refractivity contribution is 0.0832. The number of hydrogen-bond acceptors (Lipinski definition) is 1. The monoisotopic (exact) mass is 293 g/mol. The Kier molecular flexibility index (Phi) is 6.17. The molecule has 0 bridgehead atoms. The van der Waals surface area contributed by atoms with Crippen LogP contribution in [0, 0.1) is 29.1 Å². The third-order valence-corrected chi connectivity index (χ3v) is 6.10. The van der Waals surface area contributed by atoms with Gasteiger partial charge in [0.2, 0.25) is 0 Å². The minimum absolute atomic E-state index is 0.501. The highest BCUT2D eigenvalue weighted by Crippen LogP contribution is 2.45. The molecule has 0 radical (unpaired) electrons. The van der Waals surface area contributed by atoms with Crippen LogP contribution in [0.3, 0.4) is 0 Å². The maximum Gasteiger partial charge on any atom is 0.00683 e. The van der Waals surface area contributed by atoms with Gasteiger partial charge in [-0.1, -0.05) is 47.5 Å². The predicted molar refractivity (Wildman–Crippen MR) is 93.5 cm³/mol. The van der Waals surface area contributed by atoms with Crippen molar-refractivity contribution >= 4 is 0 Å². The van der Waals surface area contributed by atoms with Gasteiger partial charge in [-0.15, -0.1) is 0 Å². The van der Waals surface area contributed by atoms with E-state index in [-0.39, 0.29) is 0 Å². The highest BCUT2D eigenvalue weighted by Gasteiger charge is 2.36. The third-order valence-electron chi connectivity index (χ3n) is 6.10. The summed E-state index contributed by atoms with van der Waals surface area (Å²) in [6.07, 6.45) is 11.5. The standard InChI is InChI=1S/C20H39N/c1-6-7-15(2)12-17-13-18(20(3,4)5)9-8-16(17)14-21-19-10-11-19/h15-19,21H,6-14H2,1-5H3. The molecule has 2 saturated carbocycles. The average molecular weight is 294 g/mol. The molecule has 0 aromatic carbocycles. The fourth-order valence-electron chi connectivity index (χ4n) is 4.40. The van der Waals surface area contributed by atoms with E-state index < -0.39 is 0 Å². The average Bonchev–Trinajstić information content (AvgIpc) is 3.20. The molecule has 0 aliphatic heterocycles. The summed E-state index contributed by atoms with van der Waals surface area (Å²) in [5.74, 6) is 3.77. The van der Waals surface area contributed by atoms with Crippen LogP contribution in [0.25, 0.3) is 0 Å². The topological polar surface area (TPSA) is 12.0 Å². The van der Waals surface area contributed by atoms with Gasteiger partial charge < -0.3 is 5.32 Å². The van der Waals surface area contributed by atoms with Gasteiger partial charge in [-0.2, -0.15) is 0 Å². The van der Waals surface area contributed by atoms with Crippen molar-refractivity contribution in [3.05, 3.63) is 0 Å². The Balaban J connectivity index is 1.91. The van der Waals surface area contributed by atoms with Gasteiger partial charge in [0, 0.05) is 6.04 Å². The molecule has 1 heteroatoms. The second kappa shape index (κ2) is 7.49. The van der Waals surface area contributed by atoms with Crippen molar-refractivity contribution in [3.63, 3.8) is 0 Å². The van der Waals surface area contributed by atoms with Crippen molar-refractivity contribution in [2.24, 2.45) is 29.1 Å². The quantitative estimate of drug-likeness (QED) is 0.640. The van der Waals surface area contributed by atoms with Crippen molar-refractivity contribution in [2.75, 3.05) is 6.54 Å². The molecule has 0 aromatic rings. The molecule has 0 heterocycles. The molecule has 4 atom stereocenters. The van der Waals surface area contributed by atoms with Gasteiger partial charge in [0.1, 0.15) is 0 Å². The molecule has 124 valence electrons.